The zero-order chi connectivity index (χ0) is 12.1. The zero-order valence-electron chi connectivity index (χ0n) is 11.2. The maximum Gasteiger partial charge on any atom is 0.0329 e. The van der Waals surface area contributed by atoms with Crippen LogP contribution in [0.4, 0.5) is 0 Å². The molecule has 1 fully saturated rings. The van der Waals surface area contributed by atoms with Crippen LogP contribution in [0.15, 0.2) is 0 Å². The maximum atomic E-state index is 11.2. The van der Waals surface area contributed by atoms with Crippen molar-refractivity contribution >= 4 is 10.8 Å². The van der Waals surface area contributed by atoms with Gasteiger partial charge in [-0.15, -0.1) is 0 Å². The molecule has 0 amide bonds. The molecule has 1 aliphatic rings. The summed E-state index contributed by atoms with van der Waals surface area (Å²) in [6.07, 6.45) is 6.89. The minimum atomic E-state index is -0.672. The topological polar surface area (TPSA) is 29.1 Å². The van der Waals surface area contributed by atoms with E-state index in [0.29, 0.717) is 11.3 Å². The highest BCUT2D eigenvalue weighted by atomic mass is 32.2. The van der Waals surface area contributed by atoms with E-state index >= 15 is 0 Å². The lowest BCUT2D eigenvalue weighted by molar-refractivity contribution is 0.207. The van der Waals surface area contributed by atoms with E-state index in [-0.39, 0.29) is 0 Å². The van der Waals surface area contributed by atoms with Crippen LogP contribution in [-0.4, -0.2) is 28.3 Å². The highest BCUT2D eigenvalue weighted by Gasteiger charge is 2.26. The van der Waals surface area contributed by atoms with Gasteiger partial charge in [0.2, 0.25) is 0 Å². The van der Waals surface area contributed by atoms with Gasteiger partial charge >= 0.3 is 0 Å². The van der Waals surface area contributed by atoms with Crippen LogP contribution in [0.2, 0.25) is 0 Å². The van der Waals surface area contributed by atoms with Gasteiger partial charge in [0.05, 0.1) is 0 Å². The van der Waals surface area contributed by atoms with Crippen molar-refractivity contribution in [2.45, 2.75) is 57.7 Å². The number of rotatable bonds is 5. The van der Waals surface area contributed by atoms with Crippen molar-refractivity contribution in [2.24, 2.45) is 11.8 Å². The molecule has 16 heavy (non-hydrogen) atoms. The lowest BCUT2D eigenvalue weighted by Crippen LogP contribution is -2.41. The molecule has 5 atom stereocenters. The summed E-state index contributed by atoms with van der Waals surface area (Å²) >= 11 is 0. The molecule has 0 heterocycles. The molecule has 0 bridgehead atoms. The molecule has 1 aliphatic carbocycles. The highest BCUT2D eigenvalue weighted by molar-refractivity contribution is 7.84. The maximum absolute atomic E-state index is 11.2. The van der Waals surface area contributed by atoms with Crippen LogP contribution in [0.1, 0.15) is 46.5 Å². The Morgan fingerprint density at radius 2 is 2.06 bits per heavy atom. The van der Waals surface area contributed by atoms with Crippen LogP contribution < -0.4 is 5.32 Å². The summed E-state index contributed by atoms with van der Waals surface area (Å²) in [6.45, 7) is 7.82. The quantitative estimate of drug-likeness (QED) is 0.806. The van der Waals surface area contributed by atoms with Crippen molar-refractivity contribution in [3.05, 3.63) is 0 Å². The Morgan fingerprint density at radius 1 is 1.38 bits per heavy atom. The first kappa shape index (κ1) is 14.2. The van der Waals surface area contributed by atoms with Crippen molar-refractivity contribution in [1.29, 1.82) is 0 Å². The van der Waals surface area contributed by atoms with Gasteiger partial charge in [-0.05, 0) is 31.2 Å². The van der Waals surface area contributed by atoms with Gasteiger partial charge < -0.3 is 5.32 Å². The summed E-state index contributed by atoms with van der Waals surface area (Å²) in [7, 11) is -0.672. The van der Waals surface area contributed by atoms with Crippen LogP contribution in [-0.2, 0) is 10.8 Å². The molecule has 0 saturated heterocycles. The van der Waals surface area contributed by atoms with Crippen LogP contribution in [0, 0.1) is 11.8 Å². The summed E-state index contributed by atoms with van der Waals surface area (Å²) in [5.41, 5.74) is 0. The third-order valence-corrected chi connectivity index (χ3v) is 5.60. The molecular weight excluding hydrogens is 218 g/mol. The molecule has 0 aromatic heterocycles. The first-order valence-electron chi connectivity index (χ1n) is 6.58. The monoisotopic (exact) mass is 245 g/mol. The van der Waals surface area contributed by atoms with Crippen LogP contribution in [0.25, 0.3) is 0 Å². The van der Waals surface area contributed by atoms with E-state index in [1.54, 1.807) is 6.26 Å². The van der Waals surface area contributed by atoms with E-state index in [4.69, 9.17) is 0 Å². The first-order valence-corrected chi connectivity index (χ1v) is 8.20. The number of hydrogen-bond donors (Lipinski definition) is 1. The lowest BCUT2D eigenvalue weighted by Gasteiger charge is -2.35. The van der Waals surface area contributed by atoms with E-state index in [2.05, 4.69) is 26.1 Å². The minimum Gasteiger partial charge on any atom is -0.314 e. The Kier molecular flexibility index (Phi) is 5.98. The van der Waals surface area contributed by atoms with Gasteiger partial charge in [0.1, 0.15) is 0 Å². The summed E-state index contributed by atoms with van der Waals surface area (Å²) in [5.74, 6) is 1.64. The molecule has 0 radical (unpaired) electrons. The average Bonchev–Trinajstić information content (AvgIpc) is 2.24. The standard InChI is InChI=1S/C13H27NOS/c1-10-6-5-7-13(12(10)3)14-9-8-11(2)16(4)15/h10-14H,5-9H2,1-4H3/t10-,11+,12+,13+,16+/m1/s1. The predicted molar refractivity (Wildman–Crippen MR) is 72.1 cm³/mol. The molecule has 1 N–H and O–H groups in total. The SMILES string of the molecule is C[C@H]1[C@H](C)CCC[C@@H]1NCC[C@H](C)[S@](C)=O. The summed E-state index contributed by atoms with van der Waals surface area (Å²) in [4.78, 5) is 0. The Hall–Kier alpha value is 0.110. The average molecular weight is 245 g/mol. The molecule has 0 aromatic rings. The van der Waals surface area contributed by atoms with Gasteiger partial charge in [-0.1, -0.05) is 33.6 Å². The van der Waals surface area contributed by atoms with E-state index in [1.165, 1.54) is 19.3 Å². The predicted octanol–water partition coefficient (Wildman–Crippen LogP) is 2.56. The molecule has 96 valence electrons. The van der Waals surface area contributed by atoms with Crippen LogP contribution in [0.5, 0.6) is 0 Å². The molecule has 0 spiro atoms. The summed E-state index contributed by atoms with van der Waals surface area (Å²) in [5, 5.41) is 3.98. The normalized spacial score (nSPS) is 34.6. The molecular formula is C13H27NOS. The minimum absolute atomic E-state index is 0.323. The largest absolute Gasteiger partial charge is 0.314 e. The van der Waals surface area contributed by atoms with E-state index in [0.717, 1.165) is 24.8 Å². The fourth-order valence-electron chi connectivity index (χ4n) is 2.51. The van der Waals surface area contributed by atoms with Gasteiger partial charge in [-0.3, -0.25) is 4.21 Å². The van der Waals surface area contributed by atoms with Gasteiger partial charge in [-0.2, -0.15) is 0 Å². The van der Waals surface area contributed by atoms with Crippen LogP contribution >= 0.6 is 0 Å². The first-order chi connectivity index (χ1) is 7.52. The van der Waals surface area contributed by atoms with Gasteiger partial charge in [0.15, 0.2) is 0 Å². The molecule has 2 nitrogen and oxygen atoms in total. The second kappa shape index (κ2) is 6.75. The number of hydrogen-bond acceptors (Lipinski definition) is 2. The summed E-state index contributed by atoms with van der Waals surface area (Å²) in [6, 6.07) is 0.682. The Balaban J connectivity index is 2.24. The molecule has 0 aromatic carbocycles. The second-order valence-corrected chi connectivity index (χ2v) is 7.23. The summed E-state index contributed by atoms with van der Waals surface area (Å²) < 4.78 is 11.2. The number of nitrogens with one attached hydrogen (secondary N) is 1. The third-order valence-electron chi connectivity index (χ3n) is 4.23. The Labute approximate surface area is 103 Å². The van der Waals surface area contributed by atoms with E-state index < -0.39 is 10.8 Å². The molecule has 1 saturated carbocycles. The van der Waals surface area contributed by atoms with Gasteiger partial charge in [-0.25, -0.2) is 0 Å². The second-order valence-electron chi connectivity index (χ2n) is 5.43. The van der Waals surface area contributed by atoms with Crippen molar-refractivity contribution in [2.75, 3.05) is 12.8 Å². The van der Waals surface area contributed by atoms with E-state index in [9.17, 15) is 4.21 Å². The van der Waals surface area contributed by atoms with Crippen molar-refractivity contribution in [3.8, 4) is 0 Å². The van der Waals surface area contributed by atoms with Crippen molar-refractivity contribution in [3.63, 3.8) is 0 Å². The van der Waals surface area contributed by atoms with Crippen molar-refractivity contribution < 1.29 is 4.21 Å². The van der Waals surface area contributed by atoms with E-state index in [1.807, 2.05) is 0 Å². The lowest BCUT2D eigenvalue weighted by atomic mass is 9.78. The molecule has 3 heteroatoms. The smallest absolute Gasteiger partial charge is 0.0329 e. The fourth-order valence-corrected chi connectivity index (χ4v) is 2.96. The third kappa shape index (κ3) is 4.17. The zero-order valence-corrected chi connectivity index (χ0v) is 12.0. The molecule has 0 unspecified atom stereocenters. The fraction of sp³-hybridized carbons (Fsp3) is 1.00. The highest BCUT2D eigenvalue weighted by Crippen LogP contribution is 2.29. The van der Waals surface area contributed by atoms with Gasteiger partial charge in [0.25, 0.3) is 0 Å². The van der Waals surface area contributed by atoms with Gasteiger partial charge in [0, 0.05) is 28.3 Å². The Bertz CT molecular complexity index is 232. The molecule has 0 aliphatic heterocycles. The molecule has 1 rings (SSSR count). The van der Waals surface area contributed by atoms with Crippen molar-refractivity contribution in [1.82, 2.24) is 5.32 Å². The Morgan fingerprint density at radius 3 is 2.69 bits per heavy atom. The van der Waals surface area contributed by atoms with Crippen LogP contribution in [0.3, 0.4) is 0 Å².